The van der Waals surface area contributed by atoms with E-state index >= 15 is 0 Å². The second-order valence-corrected chi connectivity index (χ2v) is 5.70. The predicted octanol–water partition coefficient (Wildman–Crippen LogP) is 2.07. The van der Waals surface area contributed by atoms with E-state index in [1.54, 1.807) is 0 Å². The van der Waals surface area contributed by atoms with E-state index in [9.17, 15) is 0 Å². The van der Waals surface area contributed by atoms with Crippen LogP contribution >= 0.6 is 0 Å². The highest BCUT2D eigenvalue weighted by atomic mass is 16.5. The molecule has 0 bridgehead atoms. The Labute approximate surface area is 99.1 Å². The Hall–Kier alpha value is -0.120. The third kappa shape index (κ3) is 2.96. The van der Waals surface area contributed by atoms with Crippen molar-refractivity contribution in [3.8, 4) is 0 Å². The highest BCUT2D eigenvalue weighted by molar-refractivity contribution is 4.86. The molecular weight excluding hydrogens is 200 g/mol. The van der Waals surface area contributed by atoms with Gasteiger partial charge in [-0.1, -0.05) is 19.8 Å². The van der Waals surface area contributed by atoms with Crippen LogP contribution in [0.4, 0.5) is 0 Å². The Morgan fingerprint density at radius 1 is 1.19 bits per heavy atom. The molecule has 2 fully saturated rings. The van der Waals surface area contributed by atoms with Crippen LogP contribution in [0, 0.1) is 17.8 Å². The zero-order valence-electron chi connectivity index (χ0n) is 10.5. The third-order valence-electron chi connectivity index (χ3n) is 4.38. The number of nitrogens with one attached hydrogen (secondary N) is 1. The minimum absolute atomic E-state index is 0.475. The van der Waals surface area contributed by atoms with Gasteiger partial charge in [-0.2, -0.15) is 0 Å². The molecule has 16 heavy (non-hydrogen) atoms. The second kappa shape index (κ2) is 5.99. The normalized spacial score (nSPS) is 38.2. The quantitative estimate of drug-likeness (QED) is 0.572. The summed E-state index contributed by atoms with van der Waals surface area (Å²) in [6, 6.07) is 0.475. The van der Waals surface area contributed by atoms with Crippen LogP contribution in [0.1, 0.15) is 45.4 Å². The number of hydrogen-bond donors (Lipinski definition) is 2. The summed E-state index contributed by atoms with van der Waals surface area (Å²) in [6.45, 7) is 4.21. The Balaban J connectivity index is 1.91. The molecule has 0 spiro atoms. The maximum atomic E-state index is 5.77. The van der Waals surface area contributed by atoms with Gasteiger partial charge in [0.15, 0.2) is 0 Å². The molecule has 1 heterocycles. The molecule has 0 amide bonds. The largest absolute Gasteiger partial charge is 0.381 e. The number of rotatable bonds is 3. The van der Waals surface area contributed by atoms with E-state index in [2.05, 4.69) is 12.3 Å². The molecule has 0 aromatic heterocycles. The van der Waals surface area contributed by atoms with E-state index in [0.29, 0.717) is 12.0 Å². The van der Waals surface area contributed by atoms with Crippen LogP contribution < -0.4 is 11.3 Å². The van der Waals surface area contributed by atoms with Crippen molar-refractivity contribution < 1.29 is 4.74 Å². The highest BCUT2D eigenvalue weighted by Crippen LogP contribution is 2.34. The first-order valence-electron chi connectivity index (χ1n) is 6.85. The van der Waals surface area contributed by atoms with Gasteiger partial charge >= 0.3 is 0 Å². The second-order valence-electron chi connectivity index (χ2n) is 5.70. The van der Waals surface area contributed by atoms with Crippen molar-refractivity contribution >= 4 is 0 Å². The summed E-state index contributed by atoms with van der Waals surface area (Å²) in [5, 5.41) is 0. The van der Waals surface area contributed by atoms with Gasteiger partial charge in [0.2, 0.25) is 0 Å². The smallest absolute Gasteiger partial charge is 0.0509 e. The first-order chi connectivity index (χ1) is 7.81. The minimum Gasteiger partial charge on any atom is -0.381 e. The van der Waals surface area contributed by atoms with Gasteiger partial charge in [-0.3, -0.25) is 11.3 Å². The molecule has 3 nitrogen and oxygen atoms in total. The molecule has 1 saturated heterocycles. The maximum absolute atomic E-state index is 5.77. The fourth-order valence-corrected chi connectivity index (χ4v) is 3.51. The average Bonchev–Trinajstić information content (AvgIpc) is 2.31. The van der Waals surface area contributed by atoms with Crippen molar-refractivity contribution in [3.63, 3.8) is 0 Å². The van der Waals surface area contributed by atoms with E-state index in [1.807, 2.05) is 0 Å². The van der Waals surface area contributed by atoms with Crippen LogP contribution in [0.25, 0.3) is 0 Å². The fraction of sp³-hybridized carbons (Fsp3) is 1.00. The van der Waals surface area contributed by atoms with Crippen LogP contribution in [-0.2, 0) is 4.74 Å². The van der Waals surface area contributed by atoms with Gasteiger partial charge in [0.25, 0.3) is 0 Å². The molecule has 0 aromatic rings. The molecule has 4 unspecified atom stereocenters. The summed E-state index contributed by atoms with van der Waals surface area (Å²) in [7, 11) is 0. The molecule has 3 heteroatoms. The van der Waals surface area contributed by atoms with Gasteiger partial charge in [0, 0.05) is 12.6 Å². The first-order valence-corrected chi connectivity index (χ1v) is 6.85. The van der Waals surface area contributed by atoms with Gasteiger partial charge in [-0.05, 0) is 43.4 Å². The first kappa shape index (κ1) is 12.3. The monoisotopic (exact) mass is 226 g/mol. The van der Waals surface area contributed by atoms with Gasteiger partial charge < -0.3 is 4.74 Å². The van der Waals surface area contributed by atoms with Gasteiger partial charge in [0.05, 0.1) is 6.61 Å². The van der Waals surface area contributed by atoms with Gasteiger partial charge in [0.1, 0.15) is 0 Å². The van der Waals surface area contributed by atoms with Gasteiger partial charge in [-0.15, -0.1) is 0 Å². The molecule has 1 aliphatic carbocycles. The van der Waals surface area contributed by atoms with Crippen molar-refractivity contribution in [3.05, 3.63) is 0 Å². The number of hydrazine groups is 1. The molecule has 3 N–H and O–H groups in total. The zero-order valence-corrected chi connectivity index (χ0v) is 10.5. The highest BCUT2D eigenvalue weighted by Gasteiger charge is 2.32. The lowest BCUT2D eigenvalue weighted by Crippen LogP contribution is -2.49. The van der Waals surface area contributed by atoms with E-state index in [0.717, 1.165) is 25.0 Å². The lowest BCUT2D eigenvalue weighted by molar-refractivity contribution is 0.0219. The summed E-state index contributed by atoms with van der Waals surface area (Å²) in [6.07, 6.45) is 7.93. The molecule has 2 aliphatic rings. The lowest BCUT2D eigenvalue weighted by Gasteiger charge is -2.38. The third-order valence-corrected chi connectivity index (χ3v) is 4.38. The molecule has 1 saturated carbocycles. The van der Waals surface area contributed by atoms with Gasteiger partial charge in [-0.25, -0.2) is 0 Å². The number of ether oxygens (including phenoxy) is 1. The van der Waals surface area contributed by atoms with E-state index in [-0.39, 0.29) is 0 Å². The van der Waals surface area contributed by atoms with E-state index in [4.69, 9.17) is 10.6 Å². The average molecular weight is 226 g/mol. The van der Waals surface area contributed by atoms with Crippen molar-refractivity contribution in [2.75, 3.05) is 13.2 Å². The molecule has 94 valence electrons. The van der Waals surface area contributed by atoms with Crippen LogP contribution in [0.3, 0.4) is 0 Å². The standard InChI is InChI=1S/C13H26N2O/c1-10-4-2-5-11(8-10)13(15-14)12-6-3-7-16-9-12/h10-13,15H,2-9,14H2,1H3. The van der Waals surface area contributed by atoms with Crippen molar-refractivity contribution in [2.45, 2.75) is 51.5 Å². The molecular formula is C13H26N2O. The lowest BCUT2D eigenvalue weighted by atomic mass is 9.74. The summed E-state index contributed by atoms with van der Waals surface area (Å²) in [4.78, 5) is 0. The summed E-state index contributed by atoms with van der Waals surface area (Å²) in [5.74, 6) is 8.05. The van der Waals surface area contributed by atoms with E-state index < -0.39 is 0 Å². The SMILES string of the molecule is CC1CCCC(C(NN)C2CCCOC2)C1. The van der Waals surface area contributed by atoms with Crippen LogP contribution in [-0.4, -0.2) is 19.3 Å². The summed E-state index contributed by atoms with van der Waals surface area (Å²) < 4.78 is 5.59. The fourth-order valence-electron chi connectivity index (χ4n) is 3.51. The van der Waals surface area contributed by atoms with Crippen molar-refractivity contribution in [2.24, 2.45) is 23.6 Å². The number of nitrogens with two attached hydrogens (primary N) is 1. The Morgan fingerprint density at radius 3 is 2.62 bits per heavy atom. The molecule has 1 aliphatic heterocycles. The Bertz CT molecular complexity index is 204. The number of hydrogen-bond acceptors (Lipinski definition) is 3. The summed E-state index contributed by atoms with van der Waals surface area (Å²) >= 11 is 0. The van der Waals surface area contributed by atoms with Crippen molar-refractivity contribution in [1.29, 1.82) is 0 Å². The topological polar surface area (TPSA) is 47.3 Å². The molecule has 4 atom stereocenters. The van der Waals surface area contributed by atoms with Crippen molar-refractivity contribution in [1.82, 2.24) is 5.43 Å². The maximum Gasteiger partial charge on any atom is 0.0509 e. The Morgan fingerprint density at radius 2 is 2.00 bits per heavy atom. The Kier molecular flexibility index (Phi) is 4.62. The molecule has 2 rings (SSSR count). The molecule has 0 aromatic carbocycles. The van der Waals surface area contributed by atoms with Crippen LogP contribution in [0.5, 0.6) is 0 Å². The van der Waals surface area contributed by atoms with E-state index in [1.165, 1.54) is 38.5 Å². The predicted molar refractivity (Wildman–Crippen MR) is 65.8 cm³/mol. The molecule has 0 radical (unpaired) electrons. The minimum atomic E-state index is 0.475. The van der Waals surface area contributed by atoms with Crippen LogP contribution in [0.2, 0.25) is 0 Å². The van der Waals surface area contributed by atoms with Crippen LogP contribution in [0.15, 0.2) is 0 Å². The zero-order chi connectivity index (χ0) is 11.4. The summed E-state index contributed by atoms with van der Waals surface area (Å²) in [5.41, 5.74) is 3.08.